The van der Waals surface area contributed by atoms with Gasteiger partial charge in [0.1, 0.15) is 11.6 Å². The Bertz CT molecular complexity index is 918. The Balaban J connectivity index is 2.07. The summed E-state index contributed by atoms with van der Waals surface area (Å²) in [7, 11) is -1.92. The average molecular weight is 410 g/mol. The van der Waals surface area contributed by atoms with Gasteiger partial charge < -0.3 is 10.6 Å². The highest BCUT2D eigenvalue weighted by atomic mass is 32.2. The maximum atomic E-state index is 14.0. The van der Waals surface area contributed by atoms with Crippen molar-refractivity contribution >= 4 is 15.8 Å². The van der Waals surface area contributed by atoms with E-state index in [-0.39, 0.29) is 22.3 Å². The minimum atomic E-state index is -3.46. The summed E-state index contributed by atoms with van der Waals surface area (Å²) in [6.07, 6.45) is 0.548. The molecule has 0 bridgehead atoms. The SMILES string of the molecule is CCC(CS(=O)(=O)c1ccccc1)NC(=NC)NC(C)c1ccc(F)cc1F. The third-order valence-electron chi connectivity index (χ3n) is 4.36. The topological polar surface area (TPSA) is 70.6 Å². The van der Waals surface area contributed by atoms with E-state index in [0.717, 1.165) is 6.07 Å². The van der Waals surface area contributed by atoms with Crippen molar-refractivity contribution in [2.75, 3.05) is 12.8 Å². The normalized spacial score (nSPS) is 14.4. The van der Waals surface area contributed by atoms with Crippen LogP contribution in [0.1, 0.15) is 31.9 Å². The number of guanidine groups is 1. The Morgan fingerprint density at radius 3 is 2.36 bits per heavy atom. The Kier molecular flexibility index (Phi) is 7.51. The molecule has 0 saturated carbocycles. The number of benzene rings is 2. The largest absolute Gasteiger partial charge is 0.353 e. The summed E-state index contributed by atoms with van der Waals surface area (Å²) in [5.74, 6) is -1.07. The van der Waals surface area contributed by atoms with Crippen molar-refractivity contribution in [2.24, 2.45) is 4.99 Å². The van der Waals surface area contributed by atoms with Crippen molar-refractivity contribution in [3.05, 3.63) is 65.7 Å². The molecule has 0 heterocycles. The molecule has 2 N–H and O–H groups in total. The molecule has 0 amide bonds. The van der Waals surface area contributed by atoms with Crippen LogP contribution in [0.25, 0.3) is 0 Å². The van der Waals surface area contributed by atoms with Crippen LogP contribution < -0.4 is 10.6 Å². The Hall–Kier alpha value is -2.48. The predicted molar refractivity (Wildman–Crippen MR) is 107 cm³/mol. The lowest BCUT2D eigenvalue weighted by atomic mass is 10.1. The number of hydrogen-bond donors (Lipinski definition) is 2. The maximum absolute atomic E-state index is 14.0. The van der Waals surface area contributed by atoms with E-state index >= 15 is 0 Å². The number of halogens is 2. The summed E-state index contributed by atoms with van der Waals surface area (Å²) >= 11 is 0. The number of nitrogens with one attached hydrogen (secondary N) is 2. The van der Waals surface area contributed by atoms with Crippen LogP contribution in [-0.4, -0.2) is 33.2 Å². The van der Waals surface area contributed by atoms with Gasteiger partial charge in [0, 0.05) is 24.7 Å². The van der Waals surface area contributed by atoms with Gasteiger partial charge >= 0.3 is 0 Å². The smallest absolute Gasteiger partial charge is 0.191 e. The summed E-state index contributed by atoms with van der Waals surface area (Å²) in [6, 6.07) is 10.8. The highest BCUT2D eigenvalue weighted by Crippen LogP contribution is 2.18. The Morgan fingerprint density at radius 1 is 1.11 bits per heavy atom. The van der Waals surface area contributed by atoms with Gasteiger partial charge in [-0.15, -0.1) is 0 Å². The van der Waals surface area contributed by atoms with Gasteiger partial charge in [-0.25, -0.2) is 17.2 Å². The van der Waals surface area contributed by atoms with Crippen molar-refractivity contribution in [3.8, 4) is 0 Å². The number of sulfone groups is 1. The van der Waals surface area contributed by atoms with Crippen LogP contribution in [0.3, 0.4) is 0 Å². The molecule has 2 rings (SSSR count). The van der Waals surface area contributed by atoms with Crippen molar-refractivity contribution in [1.29, 1.82) is 0 Å². The van der Waals surface area contributed by atoms with Crippen LogP contribution in [0.15, 0.2) is 58.4 Å². The van der Waals surface area contributed by atoms with E-state index in [9.17, 15) is 17.2 Å². The summed E-state index contributed by atoms with van der Waals surface area (Å²) in [6.45, 7) is 3.58. The van der Waals surface area contributed by atoms with Crippen molar-refractivity contribution in [3.63, 3.8) is 0 Å². The molecule has 0 spiro atoms. The fourth-order valence-corrected chi connectivity index (χ4v) is 4.36. The summed E-state index contributed by atoms with van der Waals surface area (Å²) in [5.41, 5.74) is 0.286. The molecular formula is C20H25F2N3O2S. The predicted octanol–water partition coefficient (Wildman–Crippen LogP) is 3.44. The molecule has 28 heavy (non-hydrogen) atoms. The van der Waals surface area contributed by atoms with Crippen LogP contribution in [0.5, 0.6) is 0 Å². The summed E-state index contributed by atoms with van der Waals surface area (Å²) < 4.78 is 52.3. The molecule has 0 aliphatic heterocycles. The first-order valence-corrected chi connectivity index (χ1v) is 10.6. The van der Waals surface area contributed by atoms with Crippen molar-refractivity contribution in [2.45, 2.75) is 37.2 Å². The van der Waals surface area contributed by atoms with Gasteiger partial charge in [0.2, 0.25) is 0 Å². The van der Waals surface area contributed by atoms with E-state index < -0.39 is 27.5 Å². The lowest BCUT2D eigenvalue weighted by Gasteiger charge is -2.23. The quantitative estimate of drug-likeness (QED) is 0.543. The highest BCUT2D eigenvalue weighted by Gasteiger charge is 2.22. The third-order valence-corrected chi connectivity index (χ3v) is 6.19. The fraction of sp³-hybridized carbons (Fsp3) is 0.350. The molecule has 0 fully saturated rings. The van der Waals surface area contributed by atoms with Crippen LogP contribution in [-0.2, 0) is 9.84 Å². The lowest BCUT2D eigenvalue weighted by Crippen LogP contribution is -2.46. The lowest BCUT2D eigenvalue weighted by molar-refractivity contribution is 0.544. The van der Waals surface area contributed by atoms with Crippen LogP contribution in [0.4, 0.5) is 8.78 Å². The third kappa shape index (κ3) is 5.76. The second kappa shape index (κ2) is 9.64. The van der Waals surface area contributed by atoms with Gasteiger partial charge in [0.25, 0.3) is 0 Å². The molecule has 152 valence electrons. The number of hydrogen-bond acceptors (Lipinski definition) is 3. The van der Waals surface area contributed by atoms with Crippen LogP contribution in [0, 0.1) is 11.6 Å². The summed E-state index contributed by atoms with van der Waals surface area (Å²) in [5, 5.41) is 6.09. The molecule has 0 aliphatic rings. The molecule has 0 radical (unpaired) electrons. The van der Waals surface area contributed by atoms with E-state index in [1.54, 1.807) is 44.3 Å². The van der Waals surface area contributed by atoms with E-state index in [0.29, 0.717) is 12.4 Å². The molecular weight excluding hydrogens is 384 g/mol. The molecule has 0 aliphatic carbocycles. The number of rotatable bonds is 7. The van der Waals surface area contributed by atoms with Crippen molar-refractivity contribution < 1.29 is 17.2 Å². The van der Waals surface area contributed by atoms with E-state index in [4.69, 9.17) is 0 Å². The first-order valence-electron chi connectivity index (χ1n) is 8.99. The number of nitrogens with zero attached hydrogens (tertiary/aromatic N) is 1. The standard InChI is InChI=1S/C20H25F2N3O2S/c1-4-16(13-28(26,27)17-8-6-5-7-9-17)25-20(23-3)24-14(2)18-11-10-15(21)12-19(18)22/h5-12,14,16H,4,13H2,1-3H3,(H2,23,24,25). The van der Waals surface area contributed by atoms with E-state index in [2.05, 4.69) is 15.6 Å². The minimum absolute atomic E-state index is 0.104. The van der Waals surface area contributed by atoms with Gasteiger partial charge in [0.15, 0.2) is 15.8 Å². The first-order chi connectivity index (χ1) is 13.3. The zero-order valence-electron chi connectivity index (χ0n) is 16.1. The monoisotopic (exact) mass is 409 g/mol. The molecule has 2 aromatic carbocycles. The molecule has 5 nitrogen and oxygen atoms in total. The minimum Gasteiger partial charge on any atom is -0.353 e. The van der Waals surface area contributed by atoms with Crippen LogP contribution in [0.2, 0.25) is 0 Å². The average Bonchev–Trinajstić information content (AvgIpc) is 2.67. The second-order valence-electron chi connectivity index (χ2n) is 6.45. The molecule has 8 heteroatoms. The Labute approximate surface area is 164 Å². The zero-order chi connectivity index (χ0) is 20.7. The molecule has 0 aromatic heterocycles. The molecule has 2 unspecified atom stereocenters. The number of aliphatic imine (C=N–C) groups is 1. The van der Waals surface area contributed by atoms with E-state index in [1.807, 2.05) is 6.92 Å². The molecule has 2 atom stereocenters. The fourth-order valence-electron chi connectivity index (χ4n) is 2.75. The van der Waals surface area contributed by atoms with Crippen molar-refractivity contribution in [1.82, 2.24) is 10.6 Å². The van der Waals surface area contributed by atoms with Gasteiger partial charge in [-0.1, -0.05) is 31.2 Å². The van der Waals surface area contributed by atoms with Gasteiger partial charge in [0.05, 0.1) is 16.7 Å². The molecule has 0 saturated heterocycles. The summed E-state index contributed by atoms with van der Waals surface area (Å²) in [4.78, 5) is 4.36. The van der Waals surface area contributed by atoms with E-state index in [1.165, 1.54) is 12.1 Å². The van der Waals surface area contributed by atoms with Gasteiger partial charge in [-0.3, -0.25) is 4.99 Å². The second-order valence-corrected chi connectivity index (χ2v) is 8.48. The zero-order valence-corrected chi connectivity index (χ0v) is 16.9. The van der Waals surface area contributed by atoms with Gasteiger partial charge in [-0.2, -0.15) is 0 Å². The first kappa shape index (κ1) is 21.8. The Morgan fingerprint density at radius 2 is 1.79 bits per heavy atom. The van der Waals surface area contributed by atoms with Gasteiger partial charge in [-0.05, 0) is 31.5 Å². The maximum Gasteiger partial charge on any atom is 0.191 e. The highest BCUT2D eigenvalue weighted by molar-refractivity contribution is 7.91. The molecule has 2 aromatic rings. The van der Waals surface area contributed by atoms with Crippen LogP contribution >= 0.6 is 0 Å².